The van der Waals surface area contributed by atoms with Crippen LogP contribution in [0.5, 0.6) is 0 Å². The summed E-state index contributed by atoms with van der Waals surface area (Å²) in [5.41, 5.74) is 18.4. The summed E-state index contributed by atoms with van der Waals surface area (Å²) in [7, 11) is -3.75. The van der Waals surface area contributed by atoms with Gasteiger partial charge in [-0.2, -0.15) is 0 Å². The van der Waals surface area contributed by atoms with E-state index in [0.29, 0.717) is 5.95 Å². The van der Waals surface area contributed by atoms with E-state index in [-0.39, 0.29) is 0 Å². The van der Waals surface area contributed by atoms with Gasteiger partial charge in [-0.15, -0.1) is 4.67 Å². The molecular formula is C74H49N5OP+. The largest absolute Gasteiger partial charge is 0.309 e. The summed E-state index contributed by atoms with van der Waals surface area (Å²) >= 11 is 0. The molecule has 1 N–H and O–H groups in total. The van der Waals surface area contributed by atoms with Gasteiger partial charge in [0, 0.05) is 55.0 Å². The third-order valence-corrected chi connectivity index (χ3v) is 19.4. The number of hydrogen-bond donors (Lipinski definition) is 1. The van der Waals surface area contributed by atoms with Crippen molar-refractivity contribution >= 4 is 84.4 Å². The fourth-order valence-corrected chi connectivity index (χ4v) is 15.5. The summed E-state index contributed by atoms with van der Waals surface area (Å²) in [5.74, 6) is 0.418. The van der Waals surface area contributed by atoms with Gasteiger partial charge in [0.25, 0.3) is 5.95 Å². The summed E-state index contributed by atoms with van der Waals surface area (Å²) in [6, 6.07) is 103. The van der Waals surface area contributed by atoms with Gasteiger partial charge in [0.15, 0.2) is 10.6 Å². The summed E-state index contributed by atoms with van der Waals surface area (Å²) in [4.78, 5) is 26.1. The van der Waals surface area contributed by atoms with Crippen LogP contribution in [-0.4, -0.2) is 24.0 Å². The zero-order valence-corrected chi connectivity index (χ0v) is 44.7. The molecule has 0 aliphatic carbocycles. The second-order valence-corrected chi connectivity index (χ2v) is 23.5. The van der Waals surface area contributed by atoms with E-state index < -0.39 is 7.64 Å². The quantitative estimate of drug-likeness (QED) is 0.154. The fraction of sp³-hybridized carbons (Fsp3) is 0. The summed E-state index contributed by atoms with van der Waals surface area (Å²) < 4.78 is 6.82. The number of aromatic nitrogens is 4. The van der Waals surface area contributed by atoms with E-state index in [1.54, 1.807) is 0 Å². The van der Waals surface area contributed by atoms with E-state index in [4.69, 9.17) is 9.97 Å². The maximum Gasteiger partial charge on any atom is 0.306 e. The average Bonchev–Trinajstić information content (AvgIpc) is 4.19. The SMILES string of the molecule is O[P+]1(c2ccc(-c3ccccc3)cc2)c2cc(-c3ccc4c(c3)c3ccccc3n4-c3ccccc3)ccc2-c2ccc(-c3ccc4c(c3)c3ccccc3n4-c3ccccc3)cc2N1c1nc(-c2ccccc2)c2ccccc2n1. The number of rotatable bonds is 8. The van der Waals surface area contributed by atoms with Gasteiger partial charge in [0.05, 0.1) is 39.0 Å². The van der Waals surface area contributed by atoms with Gasteiger partial charge in [-0.1, -0.05) is 194 Å². The molecular weight excluding hydrogens is 1010 g/mol. The van der Waals surface area contributed by atoms with Gasteiger partial charge in [-0.3, -0.25) is 0 Å². The van der Waals surface area contributed by atoms with E-state index in [1.165, 1.54) is 10.8 Å². The number of fused-ring (bicyclic) bond motifs is 10. The molecule has 3 aromatic heterocycles. The highest BCUT2D eigenvalue weighted by atomic mass is 31.2. The molecule has 0 fully saturated rings. The first-order valence-corrected chi connectivity index (χ1v) is 29.1. The fourth-order valence-electron chi connectivity index (χ4n) is 12.5. The van der Waals surface area contributed by atoms with Crippen LogP contribution < -0.4 is 15.3 Å². The van der Waals surface area contributed by atoms with Crippen molar-refractivity contribution in [1.82, 2.24) is 19.1 Å². The molecule has 0 spiro atoms. The smallest absolute Gasteiger partial charge is 0.306 e. The Labute approximate surface area is 468 Å². The Morgan fingerprint density at radius 3 is 1.33 bits per heavy atom. The highest BCUT2D eigenvalue weighted by Crippen LogP contribution is 2.67. The lowest BCUT2D eigenvalue weighted by molar-refractivity contribution is 0.620. The molecule has 7 heteroatoms. The number of nitrogens with zero attached hydrogens (tertiary/aromatic N) is 5. The lowest BCUT2D eigenvalue weighted by atomic mass is 9.95. The van der Waals surface area contributed by atoms with Crippen molar-refractivity contribution in [2.75, 3.05) is 4.67 Å². The minimum Gasteiger partial charge on any atom is -0.309 e. The molecule has 12 aromatic carbocycles. The van der Waals surface area contributed by atoms with Gasteiger partial charge in [0.1, 0.15) is 0 Å². The molecule has 1 aliphatic heterocycles. The van der Waals surface area contributed by atoms with Crippen molar-refractivity contribution < 1.29 is 4.89 Å². The molecule has 1 aliphatic rings. The lowest BCUT2D eigenvalue weighted by Crippen LogP contribution is -2.39. The molecule has 1 unspecified atom stereocenters. The van der Waals surface area contributed by atoms with Crippen LogP contribution in [0, 0.1) is 0 Å². The van der Waals surface area contributed by atoms with Crippen LogP contribution in [0.1, 0.15) is 0 Å². The molecule has 380 valence electrons. The van der Waals surface area contributed by atoms with E-state index in [0.717, 1.165) is 127 Å². The molecule has 0 bridgehead atoms. The number of para-hydroxylation sites is 5. The average molecular weight is 1060 g/mol. The highest BCUT2D eigenvalue weighted by Gasteiger charge is 2.57. The Hall–Kier alpha value is -10.2. The van der Waals surface area contributed by atoms with Crippen LogP contribution in [0.3, 0.4) is 0 Å². The summed E-state index contributed by atoms with van der Waals surface area (Å²) in [6.45, 7) is 0. The maximum atomic E-state index is 14.9. The molecule has 0 radical (unpaired) electrons. The van der Waals surface area contributed by atoms with Crippen molar-refractivity contribution in [3.05, 3.63) is 291 Å². The standard InChI is InChI=1S/C74H49N5OP/c80-81(58-39-33-50(34-40-58)49-19-5-1-6-20-49)72-48-55(53-38-44-70-65(46-53)60-28-15-18-32-68(60)78(70)57-25-11-4-12-26-57)36-42-62(72)61-41-35-54(52-37-43-69-64(45-52)59-27-14-17-31-67(59)77(69)56-23-9-3-10-24-56)47-71(61)79(81)74-75-66-30-16-13-29-63(66)73(76-74)51-21-7-2-8-22-51/h1-48,80H/q+1. The lowest BCUT2D eigenvalue weighted by Gasteiger charge is -2.37. The normalized spacial score (nSPS) is 14.0. The predicted octanol–water partition coefficient (Wildman–Crippen LogP) is 18.1. The monoisotopic (exact) mass is 1050 g/mol. The molecule has 4 heterocycles. The van der Waals surface area contributed by atoms with Crippen LogP contribution in [0.2, 0.25) is 0 Å². The molecule has 0 saturated heterocycles. The topological polar surface area (TPSA) is 59.1 Å². The van der Waals surface area contributed by atoms with Crippen LogP contribution in [0.25, 0.3) is 122 Å². The Morgan fingerprint density at radius 2 is 0.741 bits per heavy atom. The molecule has 15 aromatic rings. The molecule has 0 saturated carbocycles. The zero-order chi connectivity index (χ0) is 53.6. The van der Waals surface area contributed by atoms with Gasteiger partial charge in [-0.05, 0) is 130 Å². The van der Waals surface area contributed by atoms with Crippen LogP contribution in [-0.2, 0) is 0 Å². The first-order valence-electron chi connectivity index (χ1n) is 27.4. The van der Waals surface area contributed by atoms with E-state index >= 15 is 0 Å². The second-order valence-electron chi connectivity index (χ2n) is 20.9. The summed E-state index contributed by atoms with van der Waals surface area (Å²) in [6.07, 6.45) is 0. The van der Waals surface area contributed by atoms with Crippen molar-refractivity contribution in [2.24, 2.45) is 0 Å². The Balaban J connectivity index is 0.954. The van der Waals surface area contributed by atoms with Crippen LogP contribution >= 0.6 is 7.64 Å². The third-order valence-electron chi connectivity index (χ3n) is 16.3. The Morgan fingerprint density at radius 1 is 0.309 bits per heavy atom. The minimum absolute atomic E-state index is 0.418. The molecule has 1 atom stereocenters. The van der Waals surface area contributed by atoms with Crippen molar-refractivity contribution in [3.63, 3.8) is 0 Å². The van der Waals surface area contributed by atoms with Gasteiger partial charge in [-0.25, -0.2) is 14.9 Å². The van der Waals surface area contributed by atoms with Gasteiger partial charge < -0.3 is 9.13 Å². The number of benzene rings is 12. The summed E-state index contributed by atoms with van der Waals surface area (Å²) in [5, 5.41) is 7.22. The minimum atomic E-state index is -3.75. The molecule has 81 heavy (non-hydrogen) atoms. The highest BCUT2D eigenvalue weighted by molar-refractivity contribution is 7.86. The van der Waals surface area contributed by atoms with Crippen LogP contribution in [0.4, 0.5) is 11.6 Å². The molecule has 0 amide bonds. The first kappa shape index (κ1) is 46.8. The predicted molar refractivity (Wildman–Crippen MR) is 339 cm³/mol. The number of hydrogen-bond acceptors (Lipinski definition) is 4. The van der Waals surface area contributed by atoms with E-state index in [1.807, 2.05) is 24.3 Å². The van der Waals surface area contributed by atoms with Gasteiger partial charge in [0.2, 0.25) is 0 Å². The number of anilines is 2. The Bertz CT molecular complexity index is 4940. The van der Waals surface area contributed by atoms with Crippen LogP contribution in [0.15, 0.2) is 291 Å². The second kappa shape index (κ2) is 18.7. The van der Waals surface area contributed by atoms with E-state index in [2.05, 4.69) is 281 Å². The molecule has 16 rings (SSSR count). The zero-order valence-electron chi connectivity index (χ0n) is 43.8. The maximum absolute atomic E-state index is 14.9. The van der Waals surface area contributed by atoms with Crippen molar-refractivity contribution in [2.45, 2.75) is 0 Å². The third kappa shape index (κ3) is 7.49. The molecule has 6 nitrogen and oxygen atoms in total. The first-order chi connectivity index (χ1) is 40.0. The van der Waals surface area contributed by atoms with E-state index in [9.17, 15) is 4.89 Å². The van der Waals surface area contributed by atoms with Gasteiger partial charge >= 0.3 is 7.64 Å². The van der Waals surface area contributed by atoms with Crippen molar-refractivity contribution in [1.29, 1.82) is 0 Å². The Kier molecular flexibility index (Phi) is 10.8. The van der Waals surface area contributed by atoms with Crippen molar-refractivity contribution in [3.8, 4) is 67.1 Å².